The van der Waals surface area contributed by atoms with Crippen molar-refractivity contribution in [1.29, 1.82) is 0 Å². The van der Waals surface area contributed by atoms with Crippen LogP contribution in [0, 0.1) is 11.3 Å². The molecule has 0 radical (unpaired) electrons. The molecule has 0 heterocycles. The molecule has 1 aromatic carbocycles. The molecule has 2 heteroatoms. The fourth-order valence-electron chi connectivity index (χ4n) is 5.19. The summed E-state index contributed by atoms with van der Waals surface area (Å²) in [6, 6.07) is 7.36. The average molecular weight is 349 g/mol. The summed E-state index contributed by atoms with van der Waals surface area (Å²) in [7, 11) is 1.00. The van der Waals surface area contributed by atoms with Gasteiger partial charge in [0.1, 0.15) is 0 Å². The summed E-state index contributed by atoms with van der Waals surface area (Å²) in [5.74, 6) is 1.51. The van der Waals surface area contributed by atoms with E-state index in [0.29, 0.717) is 16.7 Å². The van der Waals surface area contributed by atoms with Gasteiger partial charge in [0.25, 0.3) is 0 Å². The summed E-state index contributed by atoms with van der Waals surface area (Å²) in [4.78, 5) is 0. The molecule has 25 heavy (non-hydrogen) atoms. The lowest BCUT2D eigenvalue weighted by molar-refractivity contribution is 0.0407. The Morgan fingerprint density at radius 3 is 2.28 bits per heavy atom. The van der Waals surface area contributed by atoms with Crippen molar-refractivity contribution in [3.8, 4) is 0 Å². The number of hydrogen-bond donors (Lipinski definition) is 2. The van der Waals surface area contributed by atoms with Crippen molar-refractivity contribution >= 4 is 0 Å². The second-order valence-electron chi connectivity index (χ2n) is 8.74. The van der Waals surface area contributed by atoms with Crippen molar-refractivity contribution < 1.29 is 10.2 Å². The van der Waals surface area contributed by atoms with Crippen LogP contribution in [-0.2, 0) is 11.8 Å². The highest BCUT2D eigenvalue weighted by Gasteiger charge is 2.49. The first-order chi connectivity index (χ1) is 11.8. The molecular weight excluding hydrogens is 308 g/mol. The number of fused-ring (bicyclic) bond motifs is 3. The first-order valence-electron chi connectivity index (χ1n) is 9.95. The van der Waals surface area contributed by atoms with Crippen molar-refractivity contribution in [2.45, 2.75) is 85.0 Å². The van der Waals surface area contributed by atoms with E-state index < -0.39 is 0 Å². The quantitative estimate of drug-likeness (QED) is 0.708. The van der Waals surface area contributed by atoms with Crippen LogP contribution in [0.3, 0.4) is 0 Å². The van der Waals surface area contributed by atoms with E-state index in [2.05, 4.69) is 52.8 Å². The van der Waals surface area contributed by atoms with Crippen LogP contribution in [0.2, 0.25) is 0 Å². The van der Waals surface area contributed by atoms with Crippen molar-refractivity contribution in [2.24, 2.45) is 11.3 Å². The maximum Gasteiger partial charge on any atom is 0.0402 e. The maximum absolute atomic E-state index is 7.57. The van der Waals surface area contributed by atoms with E-state index in [-0.39, 0.29) is 6.61 Å². The standard InChI is InChI=1S/C20H30.C2H6O.CH4O/c1-14(2)15-7-9-17-16(13-15)8-10-18-19(3,4)11-6-12-20(17,18)5;1-2-3;1-2/h7,9,13-14,18H,6,8,10-12H2,1-5H3;3H,2H2,1H3;2H,1H3. The zero-order valence-electron chi connectivity index (χ0n) is 17.5. The molecule has 0 spiro atoms. The lowest BCUT2D eigenvalue weighted by Crippen LogP contribution is -2.47. The second kappa shape index (κ2) is 9.19. The van der Waals surface area contributed by atoms with E-state index in [9.17, 15) is 0 Å². The Bertz CT molecular complexity index is 533. The van der Waals surface area contributed by atoms with Crippen molar-refractivity contribution in [3.05, 3.63) is 34.9 Å². The number of aliphatic hydroxyl groups excluding tert-OH is 2. The van der Waals surface area contributed by atoms with Crippen LogP contribution in [0.15, 0.2) is 18.2 Å². The number of rotatable bonds is 1. The van der Waals surface area contributed by atoms with Crippen LogP contribution < -0.4 is 0 Å². The van der Waals surface area contributed by atoms with E-state index in [1.54, 1.807) is 18.1 Å². The minimum absolute atomic E-state index is 0.250. The molecule has 0 bridgehead atoms. The third-order valence-corrected chi connectivity index (χ3v) is 6.34. The Morgan fingerprint density at radius 2 is 1.72 bits per heavy atom. The zero-order valence-corrected chi connectivity index (χ0v) is 17.5. The van der Waals surface area contributed by atoms with Gasteiger partial charge in [0.05, 0.1) is 0 Å². The summed E-state index contributed by atoms with van der Waals surface area (Å²) < 4.78 is 0. The van der Waals surface area contributed by atoms with Gasteiger partial charge in [0.15, 0.2) is 0 Å². The van der Waals surface area contributed by atoms with Crippen LogP contribution in [0.5, 0.6) is 0 Å². The molecule has 0 saturated heterocycles. The fraction of sp³-hybridized carbons (Fsp3) is 0.739. The van der Waals surface area contributed by atoms with Gasteiger partial charge >= 0.3 is 0 Å². The molecule has 1 saturated carbocycles. The Morgan fingerprint density at radius 1 is 1.12 bits per heavy atom. The molecule has 0 aliphatic heterocycles. The monoisotopic (exact) mass is 348 g/mol. The molecule has 2 N–H and O–H groups in total. The predicted molar refractivity (Wildman–Crippen MR) is 108 cm³/mol. The normalized spacial score (nSPS) is 26.4. The Hall–Kier alpha value is -0.860. The van der Waals surface area contributed by atoms with Crippen LogP contribution in [0.4, 0.5) is 0 Å². The van der Waals surface area contributed by atoms with Gasteiger partial charge in [0, 0.05) is 13.7 Å². The Balaban J connectivity index is 0.000000567. The van der Waals surface area contributed by atoms with Crippen molar-refractivity contribution in [2.75, 3.05) is 13.7 Å². The van der Waals surface area contributed by atoms with Crippen molar-refractivity contribution in [3.63, 3.8) is 0 Å². The van der Waals surface area contributed by atoms with Gasteiger partial charge in [-0.05, 0) is 72.0 Å². The van der Waals surface area contributed by atoms with Gasteiger partial charge in [-0.25, -0.2) is 0 Å². The van der Waals surface area contributed by atoms with E-state index in [0.717, 1.165) is 13.0 Å². The van der Waals surface area contributed by atoms with Crippen LogP contribution in [0.1, 0.15) is 89.8 Å². The summed E-state index contributed by atoms with van der Waals surface area (Å²) >= 11 is 0. The van der Waals surface area contributed by atoms with Crippen molar-refractivity contribution in [1.82, 2.24) is 0 Å². The summed E-state index contributed by atoms with van der Waals surface area (Å²) in [5, 5.41) is 14.6. The average Bonchev–Trinajstić information content (AvgIpc) is 2.56. The largest absolute Gasteiger partial charge is 0.400 e. The van der Waals surface area contributed by atoms with Crippen LogP contribution in [-0.4, -0.2) is 23.9 Å². The smallest absolute Gasteiger partial charge is 0.0402 e. The fourth-order valence-corrected chi connectivity index (χ4v) is 5.19. The highest BCUT2D eigenvalue weighted by atomic mass is 16.2. The molecule has 2 aliphatic carbocycles. The minimum atomic E-state index is 0.250. The summed E-state index contributed by atoms with van der Waals surface area (Å²) in [6.07, 6.45) is 6.87. The van der Waals surface area contributed by atoms with Gasteiger partial charge in [-0.3, -0.25) is 0 Å². The highest BCUT2D eigenvalue weighted by molar-refractivity contribution is 5.42. The zero-order chi connectivity index (χ0) is 19.3. The molecule has 1 fully saturated rings. The molecule has 3 rings (SSSR count). The van der Waals surface area contributed by atoms with Crippen LogP contribution >= 0.6 is 0 Å². The number of aliphatic hydroxyl groups is 2. The minimum Gasteiger partial charge on any atom is -0.400 e. The summed E-state index contributed by atoms with van der Waals surface area (Å²) in [6.45, 7) is 14.1. The lowest BCUT2D eigenvalue weighted by Gasteiger charge is -2.54. The predicted octanol–water partition coefficient (Wildman–Crippen LogP) is 5.45. The number of benzene rings is 1. The molecule has 2 atom stereocenters. The molecule has 144 valence electrons. The molecule has 2 unspecified atom stereocenters. The van der Waals surface area contributed by atoms with E-state index in [1.165, 1.54) is 37.7 Å². The first kappa shape index (κ1) is 22.2. The maximum atomic E-state index is 7.57. The Labute approximate surface area is 155 Å². The van der Waals surface area contributed by atoms with E-state index >= 15 is 0 Å². The number of hydrogen-bond acceptors (Lipinski definition) is 2. The third-order valence-electron chi connectivity index (χ3n) is 6.34. The Kier molecular flexibility index (Phi) is 8.15. The van der Waals surface area contributed by atoms with Gasteiger partial charge in [0.2, 0.25) is 0 Å². The lowest BCUT2D eigenvalue weighted by atomic mass is 9.50. The van der Waals surface area contributed by atoms with Crippen LogP contribution in [0.25, 0.3) is 0 Å². The first-order valence-corrected chi connectivity index (χ1v) is 9.95. The summed E-state index contributed by atoms with van der Waals surface area (Å²) in [5.41, 5.74) is 5.77. The van der Waals surface area contributed by atoms with Gasteiger partial charge < -0.3 is 10.2 Å². The molecule has 1 aromatic rings. The second-order valence-corrected chi connectivity index (χ2v) is 8.74. The molecule has 0 aromatic heterocycles. The van der Waals surface area contributed by atoms with Gasteiger partial charge in [-0.15, -0.1) is 0 Å². The number of aryl methyl sites for hydroxylation is 1. The molecule has 2 aliphatic rings. The van der Waals surface area contributed by atoms with E-state index in [1.807, 2.05) is 0 Å². The van der Waals surface area contributed by atoms with Gasteiger partial charge in [-0.1, -0.05) is 59.2 Å². The third kappa shape index (κ3) is 4.65. The van der Waals surface area contributed by atoms with Gasteiger partial charge in [-0.2, -0.15) is 0 Å². The molecule has 2 nitrogen and oxygen atoms in total. The van der Waals surface area contributed by atoms with E-state index in [4.69, 9.17) is 10.2 Å². The topological polar surface area (TPSA) is 40.5 Å². The highest BCUT2D eigenvalue weighted by Crippen LogP contribution is 2.57. The SMILES string of the molecule is CC(C)c1ccc2c(c1)CCC1C(C)(C)CCCC21C.CCO.CO. The molecular formula is C23H40O2. The molecule has 0 amide bonds.